The Morgan fingerprint density at radius 2 is 1.93 bits per heavy atom. The van der Waals surface area contributed by atoms with E-state index >= 15 is 0 Å². The number of fused-ring (bicyclic) bond motifs is 1. The molecular formula is C20H27BrClN5OS. The van der Waals surface area contributed by atoms with E-state index in [0.29, 0.717) is 12.2 Å². The van der Waals surface area contributed by atoms with Gasteiger partial charge in [-0.15, -0.1) is 12.4 Å². The van der Waals surface area contributed by atoms with Gasteiger partial charge in [0.15, 0.2) is 5.13 Å². The SMILES string of the molecule is CCN(CC)CCN(C(=O)c1ccnn1C(C)C)c1nc2ccc(Br)cc2s1.Cl. The van der Waals surface area contributed by atoms with Crippen molar-refractivity contribution in [2.75, 3.05) is 31.1 Å². The van der Waals surface area contributed by atoms with E-state index in [1.807, 2.05) is 32.0 Å². The first kappa shape index (κ1) is 23.8. The number of likely N-dealkylation sites (N-methyl/N-ethyl adjacent to an activating group) is 1. The molecule has 3 aromatic rings. The van der Waals surface area contributed by atoms with Crippen molar-refractivity contribution in [3.05, 3.63) is 40.6 Å². The fourth-order valence-electron chi connectivity index (χ4n) is 3.10. The molecule has 0 unspecified atom stereocenters. The summed E-state index contributed by atoms with van der Waals surface area (Å²) >= 11 is 5.06. The molecule has 6 nitrogen and oxygen atoms in total. The summed E-state index contributed by atoms with van der Waals surface area (Å²) in [6.07, 6.45) is 1.69. The van der Waals surface area contributed by atoms with Crippen LogP contribution in [0.25, 0.3) is 10.2 Å². The Morgan fingerprint density at radius 1 is 1.21 bits per heavy atom. The molecule has 9 heteroatoms. The topological polar surface area (TPSA) is 54.3 Å². The predicted octanol–water partition coefficient (Wildman–Crippen LogP) is 5.25. The molecule has 0 atom stereocenters. The van der Waals surface area contributed by atoms with E-state index in [2.05, 4.69) is 39.8 Å². The zero-order valence-electron chi connectivity index (χ0n) is 17.1. The van der Waals surface area contributed by atoms with Gasteiger partial charge in [-0.2, -0.15) is 5.10 Å². The van der Waals surface area contributed by atoms with Gasteiger partial charge in [0.25, 0.3) is 5.91 Å². The zero-order valence-corrected chi connectivity index (χ0v) is 20.4. The number of aromatic nitrogens is 3. The lowest BCUT2D eigenvalue weighted by atomic mass is 10.3. The second kappa shape index (κ2) is 10.5. The number of anilines is 1. The number of hydrogen-bond acceptors (Lipinski definition) is 5. The molecule has 0 saturated heterocycles. The van der Waals surface area contributed by atoms with E-state index in [9.17, 15) is 4.79 Å². The Labute approximate surface area is 190 Å². The second-order valence-corrected chi connectivity index (χ2v) is 8.77. The number of thiazole rings is 1. The van der Waals surface area contributed by atoms with E-state index in [4.69, 9.17) is 4.98 Å². The third-order valence-corrected chi connectivity index (χ3v) is 6.26. The first-order valence-corrected chi connectivity index (χ1v) is 11.2. The highest BCUT2D eigenvalue weighted by Crippen LogP contribution is 2.31. The number of amides is 1. The smallest absolute Gasteiger partial charge is 0.278 e. The maximum absolute atomic E-state index is 13.5. The van der Waals surface area contributed by atoms with Gasteiger partial charge in [-0.1, -0.05) is 41.1 Å². The summed E-state index contributed by atoms with van der Waals surface area (Å²) in [5.74, 6) is -0.0588. The number of nitrogens with zero attached hydrogens (tertiary/aromatic N) is 5. The molecule has 2 aromatic heterocycles. The van der Waals surface area contributed by atoms with Crippen LogP contribution in [-0.2, 0) is 0 Å². The Bertz CT molecular complexity index is 953. The first-order chi connectivity index (χ1) is 13.4. The van der Waals surface area contributed by atoms with Gasteiger partial charge in [-0.05, 0) is 51.2 Å². The largest absolute Gasteiger partial charge is 0.302 e. The molecule has 29 heavy (non-hydrogen) atoms. The van der Waals surface area contributed by atoms with Gasteiger partial charge in [0.2, 0.25) is 0 Å². The van der Waals surface area contributed by atoms with E-state index in [-0.39, 0.29) is 24.4 Å². The molecule has 1 amide bonds. The fraction of sp³-hybridized carbons (Fsp3) is 0.450. The van der Waals surface area contributed by atoms with Gasteiger partial charge in [-0.3, -0.25) is 14.4 Å². The molecule has 0 spiro atoms. The molecule has 0 N–H and O–H groups in total. The van der Waals surface area contributed by atoms with Crippen molar-refractivity contribution in [1.29, 1.82) is 0 Å². The van der Waals surface area contributed by atoms with Crippen LogP contribution in [-0.4, -0.2) is 51.8 Å². The summed E-state index contributed by atoms with van der Waals surface area (Å²) in [6.45, 7) is 11.6. The van der Waals surface area contributed by atoms with Crippen LogP contribution in [0.4, 0.5) is 5.13 Å². The van der Waals surface area contributed by atoms with Crippen molar-refractivity contribution in [2.45, 2.75) is 33.7 Å². The van der Waals surface area contributed by atoms with Crippen LogP contribution in [0, 0.1) is 0 Å². The van der Waals surface area contributed by atoms with Crippen molar-refractivity contribution in [3.63, 3.8) is 0 Å². The lowest BCUT2D eigenvalue weighted by Gasteiger charge is -2.25. The molecule has 0 saturated carbocycles. The predicted molar refractivity (Wildman–Crippen MR) is 127 cm³/mol. The van der Waals surface area contributed by atoms with Crippen molar-refractivity contribution >= 4 is 60.9 Å². The Kier molecular flexibility index (Phi) is 8.63. The third-order valence-electron chi connectivity index (χ3n) is 4.73. The van der Waals surface area contributed by atoms with Crippen molar-refractivity contribution in [3.8, 4) is 0 Å². The minimum Gasteiger partial charge on any atom is -0.302 e. The summed E-state index contributed by atoms with van der Waals surface area (Å²) in [6, 6.07) is 7.90. The summed E-state index contributed by atoms with van der Waals surface area (Å²) in [4.78, 5) is 22.3. The van der Waals surface area contributed by atoms with Crippen LogP contribution < -0.4 is 4.90 Å². The molecule has 0 aliphatic heterocycles. The number of benzene rings is 1. The van der Waals surface area contributed by atoms with Crippen molar-refractivity contribution < 1.29 is 4.79 Å². The van der Waals surface area contributed by atoms with Crippen LogP contribution in [0.1, 0.15) is 44.2 Å². The molecule has 3 rings (SSSR count). The van der Waals surface area contributed by atoms with Gasteiger partial charge >= 0.3 is 0 Å². The monoisotopic (exact) mass is 499 g/mol. The maximum Gasteiger partial charge on any atom is 0.278 e. The van der Waals surface area contributed by atoms with Gasteiger partial charge in [0.05, 0.1) is 10.2 Å². The summed E-state index contributed by atoms with van der Waals surface area (Å²) in [5, 5.41) is 5.05. The van der Waals surface area contributed by atoms with E-state index in [0.717, 1.165) is 39.5 Å². The van der Waals surface area contributed by atoms with Gasteiger partial charge < -0.3 is 4.90 Å². The second-order valence-electron chi connectivity index (χ2n) is 6.85. The highest BCUT2D eigenvalue weighted by atomic mass is 79.9. The van der Waals surface area contributed by atoms with Crippen molar-refractivity contribution in [1.82, 2.24) is 19.7 Å². The average Bonchev–Trinajstić information content (AvgIpc) is 3.31. The summed E-state index contributed by atoms with van der Waals surface area (Å²) in [7, 11) is 0. The quantitative estimate of drug-likeness (QED) is 0.424. The number of carbonyl (C=O) groups is 1. The average molecular weight is 501 g/mol. The molecule has 0 aliphatic carbocycles. The third kappa shape index (κ3) is 5.36. The number of carbonyl (C=O) groups excluding carboxylic acids is 1. The van der Waals surface area contributed by atoms with Crippen molar-refractivity contribution in [2.24, 2.45) is 0 Å². The van der Waals surface area contributed by atoms with E-state index in [1.54, 1.807) is 33.2 Å². The molecule has 1 aromatic carbocycles. The maximum atomic E-state index is 13.5. The van der Waals surface area contributed by atoms with Gasteiger partial charge in [-0.25, -0.2) is 4.98 Å². The molecule has 0 aliphatic rings. The minimum atomic E-state index is -0.0588. The van der Waals surface area contributed by atoms with Crippen LogP contribution >= 0.6 is 39.7 Å². The summed E-state index contributed by atoms with van der Waals surface area (Å²) < 4.78 is 3.84. The van der Waals surface area contributed by atoms with Crippen LogP contribution in [0.5, 0.6) is 0 Å². The van der Waals surface area contributed by atoms with Crippen LogP contribution in [0.3, 0.4) is 0 Å². The molecular weight excluding hydrogens is 474 g/mol. The molecule has 0 fully saturated rings. The Morgan fingerprint density at radius 3 is 2.59 bits per heavy atom. The lowest BCUT2D eigenvalue weighted by molar-refractivity contribution is 0.0971. The number of halogens is 2. The van der Waals surface area contributed by atoms with Crippen LogP contribution in [0.15, 0.2) is 34.9 Å². The lowest BCUT2D eigenvalue weighted by Crippen LogP contribution is -2.39. The van der Waals surface area contributed by atoms with E-state index in [1.165, 1.54) is 0 Å². The highest BCUT2D eigenvalue weighted by molar-refractivity contribution is 9.10. The zero-order chi connectivity index (χ0) is 20.3. The van der Waals surface area contributed by atoms with Gasteiger partial charge in [0.1, 0.15) is 5.69 Å². The summed E-state index contributed by atoms with van der Waals surface area (Å²) in [5.41, 5.74) is 1.50. The van der Waals surface area contributed by atoms with Crippen LogP contribution in [0.2, 0.25) is 0 Å². The minimum absolute atomic E-state index is 0. The van der Waals surface area contributed by atoms with E-state index < -0.39 is 0 Å². The molecule has 0 radical (unpaired) electrons. The highest BCUT2D eigenvalue weighted by Gasteiger charge is 2.25. The Hall–Kier alpha value is -1.48. The normalized spacial score (nSPS) is 11.3. The first-order valence-electron chi connectivity index (χ1n) is 9.58. The standard InChI is InChI=1S/C20H26BrN5OS.ClH/c1-5-24(6-2)11-12-25(19(27)17-9-10-22-26(17)14(3)4)20-23-16-8-7-15(21)13-18(16)28-20;/h7-10,13-14H,5-6,11-12H2,1-4H3;1H. The fourth-order valence-corrected chi connectivity index (χ4v) is 4.64. The number of hydrogen-bond donors (Lipinski definition) is 0. The molecule has 158 valence electrons. The number of rotatable bonds is 8. The van der Waals surface area contributed by atoms with Gasteiger partial charge in [0, 0.05) is 29.8 Å². The molecule has 2 heterocycles. The molecule has 0 bridgehead atoms. The Balaban J connectivity index is 0.00000300.